The first-order valence-corrected chi connectivity index (χ1v) is 18.4. The fourth-order valence-electron chi connectivity index (χ4n) is 7.98. The van der Waals surface area contributed by atoms with E-state index in [1.54, 1.807) is 0 Å². The zero-order chi connectivity index (χ0) is 33.2. The van der Waals surface area contributed by atoms with Crippen LogP contribution in [0.25, 0.3) is 22.3 Å². The number of aryl methyl sites for hydroxylation is 4. The van der Waals surface area contributed by atoms with E-state index < -0.39 is 0 Å². The van der Waals surface area contributed by atoms with Crippen LogP contribution in [0.15, 0.2) is 91.0 Å². The van der Waals surface area contributed by atoms with E-state index in [1.165, 1.54) is 87.0 Å². The molecule has 0 atom stereocenters. The van der Waals surface area contributed by atoms with E-state index in [0.717, 1.165) is 48.6 Å². The van der Waals surface area contributed by atoms with Crippen LogP contribution in [0, 0.1) is 0 Å². The minimum absolute atomic E-state index is 0.102. The summed E-state index contributed by atoms with van der Waals surface area (Å²) in [5.41, 5.74) is 17.3. The first-order chi connectivity index (χ1) is 23.3. The third-order valence-corrected chi connectivity index (χ3v) is 12.7. The molecule has 2 heteroatoms. The van der Waals surface area contributed by atoms with Crippen LogP contribution in [0.5, 0.6) is 11.5 Å². The predicted molar refractivity (Wildman–Crippen MR) is 203 cm³/mol. The quantitative estimate of drug-likeness (QED) is 0.157. The van der Waals surface area contributed by atoms with Crippen molar-refractivity contribution in [3.05, 3.63) is 124 Å². The van der Waals surface area contributed by atoms with Crippen LogP contribution in [0.1, 0.15) is 101 Å². The summed E-state index contributed by atoms with van der Waals surface area (Å²) in [6.07, 6.45) is 9.11. The highest BCUT2D eigenvalue weighted by Gasteiger charge is 2.32. The molecule has 0 bridgehead atoms. The summed E-state index contributed by atoms with van der Waals surface area (Å²) in [7, 11) is 0. The summed E-state index contributed by atoms with van der Waals surface area (Å²) in [6, 6.07) is 35.3. The SMILES string of the molecule is CCC(C)(CC)c1ccc2c(c1)Oc1cc(C(C)(CC)CC)ccc1N2c1cc(-c2ccc3c(c2)CC3)cc(-c2ccc3c(c2)CC3)c1. The lowest BCUT2D eigenvalue weighted by atomic mass is 9.77. The molecule has 2 aliphatic carbocycles. The second-order valence-corrected chi connectivity index (χ2v) is 15.1. The lowest BCUT2D eigenvalue weighted by molar-refractivity contribution is 0.425. The molecule has 3 aliphatic rings. The Morgan fingerprint density at radius 1 is 0.479 bits per heavy atom. The van der Waals surface area contributed by atoms with Crippen LogP contribution in [0.2, 0.25) is 0 Å². The maximum Gasteiger partial charge on any atom is 0.151 e. The van der Waals surface area contributed by atoms with Crippen molar-refractivity contribution in [1.29, 1.82) is 0 Å². The maximum absolute atomic E-state index is 6.94. The molecule has 0 aromatic heterocycles. The van der Waals surface area contributed by atoms with E-state index in [2.05, 4.69) is 137 Å². The number of ether oxygens (including phenoxy) is 1. The summed E-state index contributed by atoms with van der Waals surface area (Å²) in [5, 5.41) is 0. The van der Waals surface area contributed by atoms with E-state index in [1.807, 2.05) is 0 Å². The third-order valence-electron chi connectivity index (χ3n) is 12.7. The van der Waals surface area contributed by atoms with Crippen molar-refractivity contribution in [3.63, 3.8) is 0 Å². The molecule has 0 spiro atoms. The summed E-state index contributed by atoms with van der Waals surface area (Å²) in [6.45, 7) is 14.0. The topological polar surface area (TPSA) is 12.5 Å². The van der Waals surface area contributed by atoms with Gasteiger partial charge in [0.1, 0.15) is 0 Å². The van der Waals surface area contributed by atoms with Crippen molar-refractivity contribution in [2.24, 2.45) is 0 Å². The number of rotatable bonds is 9. The molecule has 0 fully saturated rings. The van der Waals surface area contributed by atoms with Gasteiger partial charge in [0, 0.05) is 5.69 Å². The van der Waals surface area contributed by atoms with Gasteiger partial charge in [-0.15, -0.1) is 0 Å². The molecule has 0 unspecified atom stereocenters. The monoisotopic (exact) mass is 631 g/mol. The van der Waals surface area contributed by atoms with Crippen molar-refractivity contribution < 1.29 is 4.74 Å². The van der Waals surface area contributed by atoms with Gasteiger partial charge in [-0.25, -0.2) is 0 Å². The summed E-state index contributed by atoms with van der Waals surface area (Å²) < 4.78 is 6.94. The lowest BCUT2D eigenvalue weighted by Crippen LogP contribution is -2.22. The molecule has 0 radical (unpaired) electrons. The van der Waals surface area contributed by atoms with Gasteiger partial charge < -0.3 is 9.64 Å². The Balaban J connectivity index is 1.34. The van der Waals surface area contributed by atoms with Gasteiger partial charge in [-0.05, 0) is 160 Å². The summed E-state index contributed by atoms with van der Waals surface area (Å²) >= 11 is 0. The standard InChI is InChI=1S/C46H49NO/c1-7-45(5,8-2)38-19-21-41-43(28-38)48-44-29-39(46(6,9-3)10-4)20-22-42(44)47(41)40-26-36(34-17-13-30-11-15-32(30)23-34)25-37(27-40)35-18-14-31-12-16-33(31)24-35/h13-14,17-29H,7-12,15-16H2,1-6H3. The Kier molecular flexibility index (Phi) is 7.55. The molecule has 1 heterocycles. The molecular weight excluding hydrogens is 583 g/mol. The number of fused-ring (bicyclic) bond motifs is 4. The molecular formula is C46H49NO. The van der Waals surface area contributed by atoms with Gasteiger partial charge in [-0.1, -0.05) is 90.1 Å². The highest BCUT2D eigenvalue weighted by atomic mass is 16.5. The van der Waals surface area contributed by atoms with Gasteiger partial charge in [0.2, 0.25) is 0 Å². The van der Waals surface area contributed by atoms with E-state index >= 15 is 0 Å². The first kappa shape index (κ1) is 31.0. The highest BCUT2D eigenvalue weighted by molar-refractivity contribution is 5.90. The van der Waals surface area contributed by atoms with Crippen LogP contribution < -0.4 is 9.64 Å². The summed E-state index contributed by atoms with van der Waals surface area (Å²) in [5.74, 6) is 1.88. The van der Waals surface area contributed by atoms with E-state index in [9.17, 15) is 0 Å². The van der Waals surface area contributed by atoms with E-state index in [-0.39, 0.29) is 10.8 Å². The van der Waals surface area contributed by atoms with Gasteiger partial charge in [-0.2, -0.15) is 0 Å². The average Bonchev–Trinajstić information content (AvgIpc) is 3.10. The molecule has 5 aromatic rings. The molecule has 1 aliphatic heterocycles. The Labute approximate surface area is 287 Å². The minimum Gasteiger partial charge on any atom is -0.453 e. The van der Waals surface area contributed by atoms with Crippen molar-refractivity contribution >= 4 is 17.1 Å². The maximum atomic E-state index is 6.94. The molecule has 0 N–H and O–H groups in total. The minimum atomic E-state index is 0.102. The molecule has 48 heavy (non-hydrogen) atoms. The van der Waals surface area contributed by atoms with Gasteiger partial charge >= 0.3 is 0 Å². The van der Waals surface area contributed by atoms with Crippen LogP contribution in [0.4, 0.5) is 17.1 Å². The van der Waals surface area contributed by atoms with Gasteiger partial charge in [-0.3, -0.25) is 0 Å². The predicted octanol–water partition coefficient (Wildman–Crippen LogP) is 12.9. The number of benzene rings is 5. The third kappa shape index (κ3) is 4.99. The second kappa shape index (κ2) is 11.7. The Hall–Kier alpha value is -4.30. The van der Waals surface area contributed by atoms with Gasteiger partial charge in [0.05, 0.1) is 11.4 Å². The molecule has 0 saturated carbocycles. The van der Waals surface area contributed by atoms with Gasteiger partial charge in [0.25, 0.3) is 0 Å². The van der Waals surface area contributed by atoms with Gasteiger partial charge in [0.15, 0.2) is 11.5 Å². The molecule has 5 aromatic carbocycles. The zero-order valence-corrected chi connectivity index (χ0v) is 29.7. The Morgan fingerprint density at radius 2 is 0.917 bits per heavy atom. The molecule has 244 valence electrons. The highest BCUT2D eigenvalue weighted by Crippen LogP contribution is 2.54. The van der Waals surface area contributed by atoms with Crippen molar-refractivity contribution in [2.45, 2.75) is 104 Å². The first-order valence-electron chi connectivity index (χ1n) is 18.4. The molecule has 2 nitrogen and oxygen atoms in total. The number of hydrogen-bond acceptors (Lipinski definition) is 2. The smallest absolute Gasteiger partial charge is 0.151 e. The Bertz CT molecular complexity index is 1900. The average molecular weight is 632 g/mol. The van der Waals surface area contributed by atoms with Crippen molar-refractivity contribution in [1.82, 2.24) is 0 Å². The zero-order valence-electron chi connectivity index (χ0n) is 29.7. The van der Waals surface area contributed by atoms with E-state index in [4.69, 9.17) is 4.74 Å². The summed E-state index contributed by atoms with van der Waals surface area (Å²) in [4.78, 5) is 2.46. The fourth-order valence-corrected chi connectivity index (χ4v) is 7.98. The molecule has 0 amide bonds. The number of nitrogens with zero attached hydrogens (tertiary/aromatic N) is 1. The Morgan fingerprint density at radius 3 is 1.29 bits per heavy atom. The van der Waals surface area contributed by atoms with Crippen LogP contribution in [0.3, 0.4) is 0 Å². The largest absolute Gasteiger partial charge is 0.453 e. The second-order valence-electron chi connectivity index (χ2n) is 15.1. The molecule has 0 saturated heterocycles. The number of hydrogen-bond donors (Lipinski definition) is 0. The van der Waals surface area contributed by atoms with Crippen molar-refractivity contribution in [2.75, 3.05) is 4.90 Å². The van der Waals surface area contributed by atoms with Crippen molar-refractivity contribution in [3.8, 4) is 33.8 Å². The van der Waals surface area contributed by atoms with E-state index in [0.29, 0.717) is 0 Å². The normalized spacial score (nSPS) is 14.6. The van der Waals surface area contributed by atoms with Crippen LogP contribution >= 0.6 is 0 Å². The fraction of sp³-hybridized carbons (Fsp3) is 0.348. The molecule has 8 rings (SSSR count). The number of anilines is 3. The lowest BCUT2D eigenvalue weighted by Gasteiger charge is -2.36. The van der Waals surface area contributed by atoms with Crippen LogP contribution in [-0.2, 0) is 36.5 Å². The van der Waals surface area contributed by atoms with Crippen LogP contribution in [-0.4, -0.2) is 0 Å².